The molecule has 31 heavy (non-hydrogen) atoms. The van der Waals surface area contributed by atoms with Crippen LogP contribution in [0.4, 0.5) is 0 Å². The Morgan fingerprint density at radius 3 is 2.74 bits per heavy atom. The summed E-state index contributed by atoms with van der Waals surface area (Å²) in [5, 5.41) is 8.17. The summed E-state index contributed by atoms with van der Waals surface area (Å²) in [7, 11) is 0. The van der Waals surface area contributed by atoms with Gasteiger partial charge in [0.15, 0.2) is 0 Å². The average molecular weight is 419 g/mol. The number of hydrogen-bond donors (Lipinski definition) is 3. The normalized spacial score (nSPS) is 12.4. The maximum absolute atomic E-state index is 13.3. The predicted octanol–water partition coefficient (Wildman–Crippen LogP) is 3.69. The molecule has 0 aliphatic heterocycles. The van der Waals surface area contributed by atoms with Gasteiger partial charge < -0.3 is 19.8 Å². The number of aromatic nitrogens is 4. The lowest BCUT2D eigenvalue weighted by atomic mass is 10.00. The minimum Gasteiger partial charge on any atom is -0.361 e. The maximum atomic E-state index is 13.3. The first-order chi connectivity index (χ1) is 14.8. The number of fused-ring (bicyclic) bond motifs is 1. The van der Waals surface area contributed by atoms with Crippen LogP contribution in [-0.4, -0.2) is 26.0 Å². The molecule has 1 amide bonds. The molecule has 8 heteroatoms. The molecule has 1 aromatic carbocycles. The molecule has 0 fully saturated rings. The summed E-state index contributed by atoms with van der Waals surface area (Å²) >= 11 is 0. The van der Waals surface area contributed by atoms with Crippen LogP contribution in [0.25, 0.3) is 10.9 Å². The second-order valence-electron chi connectivity index (χ2n) is 8.00. The van der Waals surface area contributed by atoms with Gasteiger partial charge in [0.2, 0.25) is 0 Å². The number of benzene rings is 1. The van der Waals surface area contributed by atoms with Crippen LogP contribution in [0.5, 0.6) is 0 Å². The van der Waals surface area contributed by atoms with Crippen LogP contribution in [0.2, 0.25) is 0 Å². The molecule has 160 valence electrons. The lowest BCUT2D eigenvalue weighted by molar-refractivity contribution is 0.0933. The number of para-hydroxylation sites is 1. The highest BCUT2D eigenvalue weighted by Crippen LogP contribution is 2.26. The fourth-order valence-electron chi connectivity index (χ4n) is 3.82. The molecule has 0 saturated carbocycles. The number of amides is 1. The molecule has 8 nitrogen and oxygen atoms in total. The number of aryl methyl sites for hydroxylation is 2. The van der Waals surface area contributed by atoms with Crippen molar-refractivity contribution in [1.82, 2.24) is 25.4 Å². The maximum Gasteiger partial charge on any atom is 0.257 e. The minimum atomic E-state index is -0.512. The summed E-state index contributed by atoms with van der Waals surface area (Å²) < 4.78 is 5.28. The van der Waals surface area contributed by atoms with Gasteiger partial charge in [0.05, 0.1) is 17.4 Å². The van der Waals surface area contributed by atoms with Crippen LogP contribution in [0.15, 0.2) is 45.8 Å². The lowest BCUT2D eigenvalue weighted by Gasteiger charge is -2.19. The van der Waals surface area contributed by atoms with Gasteiger partial charge in [-0.3, -0.25) is 9.59 Å². The van der Waals surface area contributed by atoms with Gasteiger partial charge >= 0.3 is 0 Å². The van der Waals surface area contributed by atoms with E-state index in [1.807, 2.05) is 44.3 Å². The van der Waals surface area contributed by atoms with E-state index < -0.39 is 6.04 Å². The molecule has 4 rings (SSSR count). The molecule has 3 aromatic heterocycles. The number of nitrogens with zero attached hydrogens (tertiary/aromatic N) is 2. The highest BCUT2D eigenvalue weighted by Gasteiger charge is 2.26. The van der Waals surface area contributed by atoms with Gasteiger partial charge in [-0.2, -0.15) is 0 Å². The Morgan fingerprint density at radius 2 is 2.00 bits per heavy atom. The van der Waals surface area contributed by atoms with E-state index in [4.69, 9.17) is 4.52 Å². The molecule has 0 radical (unpaired) electrons. The van der Waals surface area contributed by atoms with E-state index in [2.05, 4.69) is 25.4 Å². The Balaban J connectivity index is 1.73. The van der Waals surface area contributed by atoms with Crippen molar-refractivity contribution < 1.29 is 9.32 Å². The Labute approximate surface area is 179 Å². The van der Waals surface area contributed by atoms with Crippen LogP contribution < -0.4 is 10.9 Å². The van der Waals surface area contributed by atoms with E-state index >= 15 is 0 Å². The third-order valence-electron chi connectivity index (χ3n) is 5.30. The van der Waals surface area contributed by atoms with E-state index in [0.717, 1.165) is 16.5 Å². The number of H-pyrrole nitrogens is 2. The molecule has 0 spiro atoms. The zero-order valence-corrected chi connectivity index (χ0v) is 17.9. The van der Waals surface area contributed by atoms with Crippen LogP contribution >= 0.6 is 0 Å². The van der Waals surface area contributed by atoms with Crippen LogP contribution in [0.3, 0.4) is 0 Å². The van der Waals surface area contributed by atoms with Crippen LogP contribution in [0.1, 0.15) is 64.7 Å². The van der Waals surface area contributed by atoms with Gasteiger partial charge in [0.1, 0.15) is 17.1 Å². The standard InChI is InChI=1S/C23H25N5O3/c1-12(2)22-21(13(3)31-28-22)23(30)27-18(19-10-20(29)26-14(4)25-19)9-15-11-24-17-8-6-5-7-16(15)17/h5-8,10-12,18,24H,9H2,1-4H3,(H,27,30)(H,25,26,29)/t18-/m0/s1. The van der Waals surface area contributed by atoms with Crippen molar-refractivity contribution in [2.24, 2.45) is 0 Å². The van der Waals surface area contributed by atoms with Crippen LogP contribution in [0, 0.1) is 13.8 Å². The lowest BCUT2D eigenvalue weighted by Crippen LogP contribution is -2.32. The van der Waals surface area contributed by atoms with Crippen molar-refractivity contribution >= 4 is 16.8 Å². The summed E-state index contributed by atoms with van der Waals surface area (Å²) in [5.74, 6) is 0.684. The number of rotatable bonds is 6. The molecule has 0 unspecified atom stereocenters. The minimum absolute atomic E-state index is 0.0326. The second-order valence-corrected chi connectivity index (χ2v) is 8.00. The molecule has 4 aromatic rings. The van der Waals surface area contributed by atoms with E-state index in [0.29, 0.717) is 35.0 Å². The number of nitrogens with one attached hydrogen (secondary N) is 3. The van der Waals surface area contributed by atoms with Gasteiger partial charge in [0.25, 0.3) is 11.5 Å². The van der Waals surface area contributed by atoms with Crippen molar-refractivity contribution in [2.45, 2.75) is 46.1 Å². The Kier molecular flexibility index (Phi) is 5.46. The van der Waals surface area contributed by atoms with Crippen molar-refractivity contribution in [2.75, 3.05) is 0 Å². The van der Waals surface area contributed by atoms with E-state index in [-0.39, 0.29) is 17.4 Å². The fourth-order valence-corrected chi connectivity index (χ4v) is 3.82. The first kappa shape index (κ1) is 20.6. The summed E-state index contributed by atoms with van der Waals surface area (Å²) in [5.41, 5.74) is 3.31. The summed E-state index contributed by atoms with van der Waals surface area (Å²) in [6.07, 6.45) is 2.39. The Bertz CT molecular complexity index is 1300. The van der Waals surface area contributed by atoms with E-state index in [1.54, 1.807) is 13.8 Å². The third kappa shape index (κ3) is 4.14. The number of aromatic amines is 2. The zero-order chi connectivity index (χ0) is 22.1. The monoisotopic (exact) mass is 419 g/mol. The Hall–Kier alpha value is -3.68. The number of hydrogen-bond acceptors (Lipinski definition) is 5. The third-order valence-corrected chi connectivity index (χ3v) is 5.30. The molecular weight excluding hydrogens is 394 g/mol. The largest absolute Gasteiger partial charge is 0.361 e. The first-order valence-corrected chi connectivity index (χ1v) is 10.2. The zero-order valence-electron chi connectivity index (χ0n) is 17.9. The fraction of sp³-hybridized carbons (Fsp3) is 0.304. The highest BCUT2D eigenvalue weighted by molar-refractivity contribution is 5.96. The summed E-state index contributed by atoms with van der Waals surface area (Å²) in [6.45, 7) is 7.35. The number of carbonyl (C=O) groups is 1. The van der Waals surface area contributed by atoms with Gasteiger partial charge in [-0.25, -0.2) is 4.98 Å². The van der Waals surface area contributed by atoms with E-state index in [1.165, 1.54) is 6.07 Å². The summed E-state index contributed by atoms with van der Waals surface area (Å²) in [6, 6.07) is 8.87. The van der Waals surface area contributed by atoms with Gasteiger partial charge in [-0.05, 0) is 31.4 Å². The summed E-state index contributed by atoms with van der Waals surface area (Å²) in [4.78, 5) is 35.8. The first-order valence-electron chi connectivity index (χ1n) is 10.2. The Morgan fingerprint density at radius 1 is 1.23 bits per heavy atom. The average Bonchev–Trinajstić information content (AvgIpc) is 3.30. The molecule has 0 aliphatic carbocycles. The SMILES string of the molecule is Cc1nc([C@H](Cc2c[nH]c3ccccc23)NC(=O)c2c(C(C)C)noc2C)cc(=O)[nH]1. The molecule has 1 atom stereocenters. The van der Waals surface area contributed by atoms with Crippen molar-refractivity contribution in [3.8, 4) is 0 Å². The van der Waals surface area contributed by atoms with Crippen LogP contribution in [-0.2, 0) is 6.42 Å². The second kappa shape index (κ2) is 8.22. The van der Waals surface area contributed by atoms with Gasteiger partial charge in [-0.15, -0.1) is 0 Å². The number of carbonyl (C=O) groups excluding carboxylic acids is 1. The predicted molar refractivity (Wildman–Crippen MR) is 117 cm³/mol. The molecule has 0 aliphatic rings. The molecule has 3 heterocycles. The highest BCUT2D eigenvalue weighted by atomic mass is 16.5. The van der Waals surface area contributed by atoms with Crippen molar-refractivity contribution in [3.05, 3.63) is 81.0 Å². The van der Waals surface area contributed by atoms with Gasteiger partial charge in [-0.1, -0.05) is 37.2 Å². The quantitative estimate of drug-likeness (QED) is 0.441. The molecule has 3 N–H and O–H groups in total. The molecule has 0 saturated heterocycles. The molecular formula is C23H25N5O3. The van der Waals surface area contributed by atoms with Gasteiger partial charge in [0, 0.05) is 29.6 Å². The van der Waals surface area contributed by atoms with Crippen molar-refractivity contribution in [1.29, 1.82) is 0 Å². The molecule has 0 bridgehead atoms. The topological polar surface area (TPSA) is 117 Å². The van der Waals surface area contributed by atoms with Crippen molar-refractivity contribution in [3.63, 3.8) is 0 Å². The van der Waals surface area contributed by atoms with E-state index in [9.17, 15) is 9.59 Å². The smallest absolute Gasteiger partial charge is 0.257 e.